The number of aliphatic hydroxyl groups excluding tert-OH is 1. The summed E-state index contributed by atoms with van der Waals surface area (Å²) >= 11 is 0. The number of fused-ring (bicyclic) bond motifs is 1. The van der Waals surface area contributed by atoms with Crippen LogP contribution in [0.3, 0.4) is 0 Å². The molecule has 4 heteroatoms. The van der Waals surface area contributed by atoms with Crippen LogP contribution >= 0.6 is 0 Å². The first kappa shape index (κ1) is 13.1. The number of aryl methyl sites for hydroxylation is 1. The molecule has 98 valence electrons. The Morgan fingerprint density at radius 3 is 3.00 bits per heavy atom. The number of aromatic nitrogens is 1. The van der Waals surface area contributed by atoms with Gasteiger partial charge in [-0.05, 0) is 50.0 Å². The van der Waals surface area contributed by atoms with E-state index in [1.54, 1.807) is 0 Å². The topological polar surface area (TPSA) is 58.3 Å². The van der Waals surface area contributed by atoms with Gasteiger partial charge in [0.15, 0.2) is 11.5 Å². The average molecular weight is 248 g/mol. The predicted octanol–water partition coefficient (Wildman–Crippen LogP) is 2.04. The van der Waals surface area contributed by atoms with Gasteiger partial charge in [0, 0.05) is 13.5 Å². The molecule has 4 nitrogen and oxygen atoms in total. The van der Waals surface area contributed by atoms with Gasteiger partial charge in [0.05, 0.1) is 0 Å². The standard InChI is InChI=1S/C14H20N2O2/c1-11-16-13-5-4-12(10-14(13)18-11)6-8-15-7-2-3-9-17/h4-5,10,15,17H,2-3,6-9H2,1H3. The van der Waals surface area contributed by atoms with E-state index in [4.69, 9.17) is 9.52 Å². The number of unbranched alkanes of at least 4 members (excludes halogenated alkanes) is 1. The van der Waals surface area contributed by atoms with Crippen LogP contribution in [-0.4, -0.2) is 29.8 Å². The Bertz CT molecular complexity index is 493. The Morgan fingerprint density at radius 2 is 2.17 bits per heavy atom. The normalized spacial score (nSPS) is 11.2. The van der Waals surface area contributed by atoms with E-state index in [-0.39, 0.29) is 6.61 Å². The first-order valence-electron chi connectivity index (χ1n) is 6.47. The highest BCUT2D eigenvalue weighted by Gasteiger charge is 2.02. The maximum absolute atomic E-state index is 8.66. The van der Waals surface area contributed by atoms with E-state index in [1.807, 2.05) is 13.0 Å². The van der Waals surface area contributed by atoms with Crippen molar-refractivity contribution in [1.82, 2.24) is 10.3 Å². The highest BCUT2D eigenvalue weighted by atomic mass is 16.3. The van der Waals surface area contributed by atoms with Gasteiger partial charge >= 0.3 is 0 Å². The third-order valence-corrected chi connectivity index (χ3v) is 2.91. The molecule has 1 heterocycles. The molecule has 0 spiro atoms. The highest BCUT2D eigenvalue weighted by molar-refractivity contribution is 5.73. The van der Waals surface area contributed by atoms with Crippen molar-refractivity contribution in [2.75, 3.05) is 19.7 Å². The Morgan fingerprint density at radius 1 is 1.28 bits per heavy atom. The van der Waals surface area contributed by atoms with Crippen LogP contribution < -0.4 is 5.32 Å². The zero-order valence-electron chi connectivity index (χ0n) is 10.8. The molecule has 0 aliphatic rings. The molecule has 18 heavy (non-hydrogen) atoms. The van der Waals surface area contributed by atoms with Crippen LogP contribution in [0.25, 0.3) is 11.1 Å². The second-order valence-corrected chi connectivity index (χ2v) is 4.47. The summed E-state index contributed by atoms with van der Waals surface area (Å²) in [6.45, 7) is 4.06. The minimum Gasteiger partial charge on any atom is -0.441 e. The van der Waals surface area contributed by atoms with Gasteiger partial charge < -0.3 is 14.8 Å². The Kier molecular flexibility index (Phi) is 4.73. The molecule has 0 saturated carbocycles. The lowest BCUT2D eigenvalue weighted by Gasteiger charge is -2.04. The van der Waals surface area contributed by atoms with Gasteiger partial charge in [-0.3, -0.25) is 0 Å². The molecule has 0 fully saturated rings. The number of hydrogen-bond donors (Lipinski definition) is 2. The number of rotatable bonds is 7. The molecule has 0 bridgehead atoms. The summed E-state index contributed by atoms with van der Waals surface area (Å²) in [6.07, 6.45) is 2.88. The van der Waals surface area contributed by atoms with Crippen LogP contribution in [-0.2, 0) is 6.42 Å². The summed E-state index contributed by atoms with van der Waals surface area (Å²) in [5, 5.41) is 12.0. The lowest BCUT2D eigenvalue weighted by atomic mass is 10.1. The summed E-state index contributed by atoms with van der Waals surface area (Å²) in [4.78, 5) is 4.28. The number of hydrogen-bond acceptors (Lipinski definition) is 4. The zero-order chi connectivity index (χ0) is 12.8. The van der Waals surface area contributed by atoms with E-state index in [0.717, 1.165) is 43.5 Å². The maximum Gasteiger partial charge on any atom is 0.192 e. The van der Waals surface area contributed by atoms with Gasteiger partial charge in [-0.1, -0.05) is 6.07 Å². The van der Waals surface area contributed by atoms with Crippen molar-refractivity contribution >= 4 is 11.1 Å². The first-order chi connectivity index (χ1) is 8.79. The molecule has 0 saturated heterocycles. The molecule has 2 rings (SSSR count). The third kappa shape index (κ3) is 3.55. The number of aliphatic hydroxyl groups is 1. The van der Waals surface area contributed by atoms with Crippen LogP contribution in [0.4, 0.5) is 0 Å². The molecular weight excluding hydrogens is 228 g/mol. The molecule has 0 atom stereocenters. The van der Waals surface area contributed by atoms with Crippen molar-refractivity contribution in [1.29, 1.82) is 0 Å². The molecule has 1 aromatic carbocycles. The Balaban J connectivity index is 1.80. The molecule has 0 unspecified atom stereocenters. The predicted molar refractivity (Wildman–Crippen MR) is 71.6 cm³/mol. The van der Waals surface area contributed by atoms with Gasteiger partial charge in [-0.2, -0.15) is 0 Å². The van der Waals surface area contributed by atoms with Gasteiger partial charge in [0.2, 0.25) is 0 Å². The monoisotopic (exact) mass is 248 g/mol. The van der Waals surface area contributed by atoms with Crippen molar-refractivity contribution in [2.45, 2.75) is 26.2 Å². The quantitative estimate of drug-likeness (QED) is 0.736. The van der Waals surface area contributed by atoms with Gasteiger partial charge in [0.1, 0.15) is 5.52 Å². The molecule has 0 amide bonds. The molecule has 0 aliphatic carbocycles. The highest BCUT2D eigenvalue weighted by Crippen LogP contribution is 2.16. The minimum absolute atomic E-state index is 0.281. The fourth-order valence-corrected chi connectivity index (χ4v) is 1.96. The fourth-order valence-electron chi connectivity index (χ4n) is 1.96. The van der Waals surface area contributed by atoms with Crippen molar-refractivity contribution in [3.8, 4) is 0 Å². The summed E-state index contributed by atoms with van der Waals surface area (Å²) in [6, 6.07) is 6.16. The maximum atomic E-state index is 8.66. The van der Waals surface area contributed by atoms with Crippen molar-refractivity contribution in [3.63, 3.8) is 0 Å². The van der Waals surface area contributed by atoms with Crippen LogP contribution in [0.1, 0.15) is 24.3 Å². The zero-order valence-corrected chi connectivity index (χ0v) is 10.8. The van der Waals surface area contributed by atoms with Crippen LogP contribution in [0.5, 0.6) is 0 Å². The second kappa shape index (κ2) is 6.52. The fraction of sp³-hybridized carbons (Fsp3) is 0.500. The van der Waals surface area contributed by atoms with E-state index in [1.165, 1.54) is 5.56 Å². The van der Waals surface area contributed by atoms with E-state index >= 15 is 0 Å². The first-order valence-corrected chi connectivity index (χ1v) is 6.47. The Hall–Kier alpha value is -1.39. The van der Waals surface area contributed by atoms with E-state index in [9.17, 15) is 0 Å². The summed E-state index contributed by atoms with van der Waals surface area (Å²) in [5.41, 5.74) is 3.05. The molecule has 1 aromatic heterocycles. The second-order valence-electron chi connectivity index (χ2n) is 4.47. The van der Waals surface area contributed by atoms with Gasteiger partial charge in [-0.25, -0.2) is 4.98 Å². The van der Waals surface area contributed by atoms with E-state index in [2.05, 4.69) is 22.4 Å². The number of oxazole rings is 1. The van der Waals surface area contributed by atoms with E-state index in [0.29, 0.717) is 5.89 Å². The van der Waals surface area contributed by atoms with Crippen LogP contribution in [0.2, 0.25) is 0 Å². The van der Waals surface area contributed by atoms with Crippen LogP contribution in [0, 0.1) is 6.92 Å². The molecule has 2 N–H and O–H groups in total. The summed E-state index contributed by atoms with van der Waals surface area (Å²) in [7, 11) is 0. The largest absolute Gasteiger partial charge is 0.441 e. The average Bonchev–Trinajstić information content (AvgIpc) is 2.73. The summed E-state index contributed by atoms with van der Waals surface area (Å²) in [5.74, 6) is 0.712. The molecular formula is C14H20N2O2. The summed E-state index contributed by atoms with van der Waals surface area (Å²) < 4.78 is 5.51. The van der Waals surface area contributed by atoms with Crippen molar-refractivity contribution in [2.24, 2.45) is 0 Å². The molecule has 0 radical (unpaired) electrons. The number of nitrogens with zero attached hydrogens (tertiary/aromatic N) is 1. The van der Waals surface area contributed by atoms with Gasteiger partial charge in [0.25, 0.3) is 0 Å². The minimum atomic E-state index is 0.281. The van der Waals surface area contributed by atoms with Crippen molar-refractivity contribution in [3.05, 3.63) is 29.7 Å². The van der Waals surface area contributed by atoms with E-state index < -0.39 is 0 Å². The lowest BCUT2D eigenvalue weighted by molar-refractivity contribution is 0.284. The SMILES string of the molecule is Cc1nc2ccc(CCNCCCCO)cc2o1. The number of benzene rings is 1. The molecule has 0 aliphatic heterocycles. The van der Waals surface area contributed by atoms with Crippen LogP contribution in [0.15, 0.2) is 22.6 Å². The van der Waals surface area contributed by atoms with Gasteiger partial charge in [-0.15, -0.1) is 0 Å². The number of nitrogens with one attached hydrogen (secondary N) is 1. The molecule has 2 aromatic rings. The third-order valence-electron chi connectivity index (χ3n) is 2.91. The smallest absolute Gasteiger partial charge is 0.192 e. The lowest BCUT2D eigenvalue weighted by Crippen LogP contribution is -2.18. The Labute approximate surface area is 107 Å². The van der Waals surface area contributed by atoms with Crippen molar-refractivity contribution < 1.29 is 9.52 Å².